The van der Waals surface area contributed by atoms with Crippen LogP contribution in [0.2, 0.25) is 0 Å². The smallest absolute Gasteiger partial charge is 0.264 e. The zero-order chi connectivity index (χ0) is 21.6. The lowest BCUT2D eigenvalue weighted by Gasteiger charge is -2.24. The molecule has 6 nitrogen and oxygen atoms in total. The van der Waals surface area contributed by atoms with Crippen LogP contribution in [0.4, 0.5) is 5.69 Å². The zero-order valence-corrected chi connectivity index (χ0v) is 18.2. The fourth-order valence-corrected chi connectivity index (χ4v) is 4.79. The van der Waals surface area contributed by atoms with Gasteiger partial charge in [-0.1, -0.05) is 29.3 Å². The maximum absolute atomic E-state index is 13.3. The Labute approximate surface area is 178 Å². The highest BCUT2D eigenvalue weighted by molar-refractivity contribution is 7.92. The van der Waals surface area contributed by atoms with Crippen molar-refractivity contribution in [2.75, 3.05) is 24.5 Å². The molecule has 7 heteroatoms. The molecule has 0 unspecified atom stereocenters. The standard InChI is InChI=1S/C23H28N2O4S/c1-18-8-14-22(15-9-18)30(27,28)25(20-10-12-21(29-2)13-11-20)17-23(26)24-16-19-6-4-3-5-7-19/h6,8-15H,3-5,7,16-17H2,1-2H3,(H,24,26). The minimum atomic E-state index is -3.91. The second-order valence-corrected chi connectivity index (χ2v) is 9.27. The monoisotopic (exact) mass is 428 g/mol. The van der Waals surface area contributed by atoms with Crippen LogP contribution in [0.1, 0.15) is 31.2 Å². The van der Waals surface area contributed by atoms with E-state index in [1.54, 1.807) is 55.6 Å². The van der Waals surface area contributed by atoms with E-state index in [4.69, 9.17) is 4.74 Å². The van der Waals surface area contributed by atoms with Crippen LogP contribution in [0.25, 0.3) is 0 Å². The molecular formula is C23H28N2O4S. The van der Waals surface area contributed by atoms with E-state index >= 15 is 0 Å². The number of hydrogen-bond donors (Lipinski definition) is 1. The van der Waals surface area contributed by atoms with Gasteiger partial charge in [-0.2, -0.15) is 0 Å². The average molecular weight is 429 g/mol. The Morgan fingerprint density at radius 3 is 2.37 bits per heavy atom. The van der Waals surface area contributed by atoms with Gasteiger partial charge in [0.05, 0.1) is 17.7 Å². The normalized spacial score (nSPS) is 14.0. The summed E-state index contributed by atoms with van der Waals surface area (Å²) in [6.07, 6.45) is 6.47. The number of hydrogen-bond acceptors (Lipinski definition) is 4. The Morgan fingerprint density at radius 1 is 1.07 bits per heavy atom. The zero-order valence-electron chi connectivity index (χ0n) is 17.4. The van der Waals surface area contributed by atoms with Crippen molar-refractivity contribution in [3.05, 3.63) is 65.7 Å². The van der Waals surface area contributed by atoms with Gasteiger partial charge in [0.25, 0.3) is 10.0 Å². The predicted molar refractivity (Wildman–Crippen MR) is 118 cm³/mol. The molecule has 1 aliphatic rings. The van der Waals surface area contributed by atoms with E-state index in [0.717, 1.165) is 29.1 Å². The van der Waals surface area contributed by atoms with Crippen LogP contribution in [0, 0.1) is 6.92 Å². The number of methoxy groups -OCH3 is 1. The van der Waals surface area contributed by atoms with Crippen molar-refractivity contribution in [3.63, 3.8) is 0 Å². The highest BCUT2D eigenvalue weighted by Gasteiger charge is 2.27. The number of carbonyl (C=O) groups is 1. The Bertz CT molecular complexity index is 997. The van der Waals surface area contributed by atoms with Crippen molar-refractivity contribution in [1.29, 1.82) is 0 Å². The van der Waals surface area contributed by atoms with Crippen LogP contribution >= 0.6 is 0 Å². The molecule has 0 aliphatic heterocycles. The summed E-state index contributed by atoms with van der Waals surface area (Å²) in [6.45, 7) is 2.06. The van der Waals surface area contributed by atoms with Crippen molar-refractivity contribution in [1.82, 2.24) is 5.32 Å². The molecule has 0 spiro atoms. The number of nitrogens with one attached hydrogen (secondary N) is 1. The van der Waals surface area contributed by atoms with Crippen LogP contribution in [0.5, 0.6) is 5.75 Å². The molecule has 0 bridgehead atoms. The summed E-state index contributed by atoms with van der Waals surface area (Å²) >= 11 is 0. The molecule has 0 aromatic heterocycles. The van der Waals surface area contributed by atoms with E-state index in [9.17, 15) is 13.2 Å². The maximum Gasteiger partial charge on any atom is 0.264 e. The van der Waals surface area contributed by atoms with Gasteiger partial charge < -0.3 is 10.1 Å². The number of anilines is 1. The summed E-state index contributed by atoms with van der Waals surface area (Å²) in [4.78, 5) is 12.8. The molecule has 0 saturated heterocycles. The molecule has 2 aromatic carbocycles. The lowest BCUT2D eigenvalue weighted by molar-refractivity contribution is -0.119. The predicted octanol–water partition coefficient (Wildman–Crippen LogP) is 3.82. The number of sulfonamides is 1. The van der Waals surface area contributed by atoms with E-state index in [1.165, 1.54) is 12.0 Å². The number of ether oxygens (including phenoxy) is 1. The van der Waals surface area contributed by atoms with Gasteiger partial charge in [0.1, 0.15) is 12.3 Å². The largest absolute Gasteiger partial charge is 0.497 e. The molecule has 30 heavy (non-hydrogen) atoms. The molecule has 1 amide bonds. The van der Waals surface area contributed by atoms with Crippen LogP contribution in [0.15, 0.2) is 65.1 Å². The summed E-state index contributed by atoms with van der Waals surface area (Å²) in [5.74, 6) is 0.271. The third-order valence-corrected chi connectivity index (χ3v) is 6.94. The molecule has 1 N–H and O–H groups in total. The first-order valence-corrected chi connectivity index (χ1v) is 11.5. The number of rotatable bonds is 8. The summed E-state index contributed by atoms with van der Waals surface area (Å²) in [6, 6.07) is 13.2. The third kappa shape index (κ3) is 5.42. The third-order valence-electron chi connectivity index (χ3n) is 5.15. The molecule has 160 valence electrons. The highest BCUT2D eigenvalue weighted by atomic mass is 32.2. The summed E-state index contributed by atoms with van der Waals surface area (Å²) in [7, 11) is -2.37. The van der Waals surface area contributed by atoms with Gasteiger partial charge in [-0.25, -0.2) is 8.42 Å². The first-order chi connectivity index (χ1) is 14.4. The van der Waals surface area contributed by atoms with E-state index in [-0.39, 0.29) is 17.3 Å². The Kier molecular flexibility index (Phi) is 7.15. The summed E-state index contributed by atoms with van der Waals surface area (Å²) < 4.78 is 33.0. The van der Waals surface area contributed by atoms with Gasteiger partial charge in [0.2, 0.25) is 5.91 Å². The Balaban J connectivity index is 1.84. The van der Waals surface area contributed by atoms with Gasteiger partial charge in [0, 0.05) is 6.54 Å². The van der Waals surface area contributed by atoms with Crippen LogP contribution < -0.4 is 14.4 Å². The van der Waals surface area contributed by atoms with E-state index in [0.29, 0.717) is 18.0 Å². The Morgan fingerprint density at radius 2 is 1.77 bits per heavy atom. The average Bonchev–Trinajstić information content (AvgIpc) is 2.77. The van der Waals surface area contributed by atoms with Gasteiger partial charge in [0.15, 0.2) is 0 Å². The lowest BCUT2D eigenvalue weighted by atomic mass is 10.00. The second-order valence-electron chi connectivity index (χ2n) is 7.41. The molecular weight excluding hydrogens is 400 g/mol. The van der Waals surface area contributed by atoms with E-state index < -0.39 is 10.0 Å². The molecule has 0 atom stereocenters. The number of amides is 1. The molecule has 0 fully saturated rings. The van der Waals surface area contributed by atoms with E-state index in [1.807, 2.05) is 6.92 Å². The van der Waals surface area contributed by atoms with Gasteiger partial charge in [-0.15, -0.1) is 0 Å². The molecule has 3 rings (SSSR count). The second kappa shape index (κ2) is 9.80. The van der Waals surface area contributed by atoms with E-state index in [2.05, 4.69) is 11.4 Å². The lowest BCUT2D eigenvalue weighted by Crippen LogP contribution is -2.41. The van der Waals surface area contributed by atoms with Gasteiger partial charge in [-0.05, 0) is 69.0 Å². The first-order valence-electron chi connectivity index (χ1n) is 10.1. The Hall–Kier alpha value is -2.80. The van der Waals surface area contributed by atoms with Gasteiger partial charge >= 0.3 is 0 Å². The summed E-state index contributed by atoms with van der Waals surface area (Å²) in [5.41, 5.74) is 2.57. The van der Waals surface area contributed by atoms with Crippen molar-refractivity contribution in [3.8, 4) is 5.75 Å². The SMILES string of the molecule is COc1ccc(N(CC(=O)NCC2=CCCCC2)S(=O)(=O)c2ccc(C)cc2)cc1. The van der Waals surface area contributed by atoms with Crippen molar-refractivity contribution in [2.24, 2.45) is 0 Å². The minimum Gasteiger partial charge on any atom is -0.497 e. The van der Waals surface area contributed by atoms with Crippen molar-refractivity contribution in [2.45, 2.75) is 37.5 Å². The van der Waals surface area contributed by atoms with Gasteiger partial charge in [-0.3, -0.25) is 9.10 Å². The number of carbonyl (C=O) groups excluding carboxylic acids is 1. The topological polar surface area (TPSA) is 75.7 Å². The summed E-state index contributed by atoms with van der Waals surface area (Å²) in [5, 5.41) is 2.87. The number of nitrogens with zero attached hydrogens (tertiary/aromatic N) is 1. The van der Waals surface area contributed by atoms with Crippen LogP contribution in [0.3, 0.4) is 0 Å². The number of benzene rings is 2. The molecule has 2 aromatic rings. The minimum absolute atomic E-state index is 0.145. The fourth-order valence-electron chi connectivity index (χ4n) is 3.36. The van der Waals surface area contributed by atoms with Crippen LogP contribution in [-0.2, 0) is 14.8 Å². The maximum atomic E-state index is 13.3. The molecule has 1 aliphatic carbocycles. The fraction of sp³-hybridized carbons (Fsp3) is 0.348. The highest BCUT2D eigenvalue weighted by Crippen LogP contribution is 2.26. The molecule has 0 saturated carbocycles. The number of aryl methyl sites for hydroxylation is 1. The van der Waals surface area contributed by atoms with Crippen LogP contribution in [-0.4, -0.2) is 34.5 Å². The number of allylic oxidation sites excluding steroid dienone is 1. The quantitative estimate of drug-likeness (QED) is 0.649. The molecule has 0 heterocycles. The van der Waals surface area contributed by atoms with Crippen molar-refractivity contribution < 1.29 is 17.9 Å². The first kappa shape index (κ1) is 21.9. The molecule has 0 radical (unpaired) electrons. The van der Waals surface area contributed by atoms with Crippen molar-refractivity contribution >= 4 is 21.6 Å².